The zero-order chi connectivity index (χ0) is 28.8. The van der Waals surface area contributed by atoms with Crippen LogP contribution in [0.4, 0.5) is 34.1 Å². The van der Waals surface area contributed by atoms with Gasteiger partial charge in [0.2, 0.25) is 0 Å². The molecule has 0 aliphatic heterocycles. The molecular weight excluding hydrogens is 508 g/mol. The molecule has 0 unspecified atom stereocenters. The first-order valence-corrected chi connectivity index (χ1v) is 14.9. The molecule has 0 radical (unpaired) electrons. The zero-order valence-electron chi connectivity index (χ0n) is 24.9. The first kappa shape index (κ1) is 26.1. The molecule has 0 fully saturated rings. The molecule has 0 heterocycles. The summed E-state index contributed by atoms with van der Waals surface area (Å²) in [4.78, 5) is 4.83. The van der Waals surface area contributed by atoms with E-state index in [1.165, 1.54) is 78.3 Å². The smallest absolute Gasteiger partial charge is 0.0470 e. The predicted octanol–water partition coefficient (Wildman–Crippen LogP) is 11.1. The van der Waals surface area contributed by atoms with E-state index < -0.39 is 0 Å². The molecule has 7 rings (SSSR count). The van der Waals surface area contributed by atoms with Crippen molar-refractivity contribution in [2.45, 2.75) is 40.5 Å². The van der Waals surface area contributed by atoms with Crippen molar-refractivity contribution in [3.8, 4) is 0 Å². The highest BCUT2D eigenvalue weighted by molar-refractivity contribution is 5.99. The van der Waals surface area contributed by atoms with Crippen molar-refractivity contribution >= 4 is 44.9 Å². The molecule has 6 aromatic carbocycles. The maximum Gasteiger partial charge on any atom is 0.0470 e. The maximum atomic E-state index is 2.42. The van der Waals surface area contributed by atoms with Crippen molar-refractivity contribution in [2.75, 3.05) is 9.80 Å². The summed E-state index contributed by atoms with van der Waals surface area (Å²) in [6.07, 6.45) is 2.13. The van der Waals surface area contributed by atoms with Crippen LogP contribution in [0.25, 0.3) is 10.8 Å². The van der Waals surface area contributed by atoms with Gasteiger partial charge in [-0.1, -0.05) is 48.5 Å². The van der Waals surface area contributed by atoms with Gasteiger partial charge < -0.3 is 9.80 Å². The molecule has 0 amide bonds. The molecule has 2 nitrogen and oxygen atoms in total. The molecule has 6 aromatic rings. The summed E-state index contributed by atoms with van der Waals surface area (Å²) in [7, 11) is 0. The molecule has 2 heteroatoms. The van der Waals surface area contributed by atoms with Gasteiger partial charge in [0.1, 0.15) is 0 Å². The Kier molecular flexibility index (Phi) is 6.55. The van der Waals surface area contributed by atoms with Gasteiger partial charge in [0.15, 0.2) is 0 Å². The van der Waals surface area contributed by atoms with E-state index in [2.05, 4.69) is 159 Å². The summed E-state index contributed by atoms with van der Waals surface area (Å²) in [6, 6.07) is 44.9. The highest BCUT2D eigenvalue weighted by Gasteiger charge is 2.23. The van der Waals surface area contributed by atoms with E-state index in [4.69, 9.17) is 0 Å². The molecule has 0 N–H and O–H groups in total. The lowest BCUT2D eigenvalue weighted by molar-refractivity contribution is 1.02. The Morgan fingerprint density at radius 3 is 1.02 bits per heavy atom. The SMILES string of the molecule is Cc1cccc(N(c2cccc(C)c2)c2cc3c4c(cc(N(c5cccc(C)c5)c5cccc(C)c5)cc4c2)CC3)c1. The summed E-state index contributed by atoms with van der Waals surface area (Å²) in [6.45, 7) is 8.67. The van der Waals surface area contributed by atoms with Gasteiger partial charge in [0.05, 0.1) is 0 Å². The van der Waals surface area contributed by atoms with Gasteiger partial charge in [-0.2, -0.15) is 0 Å². The summed E-state index contributed by atoms with van der Waals surface area (Å²) in [5.74, 6) is 0. The van der Waals surface area contributed by atoms with E-state index >= 15 is 0 Å². The molecule has 0 aromatic heterocycles. The number of hydrogen-bond acceptors (Lipinski definition) is 2. The Morgan fingerprint density at radius 1 is 0.381 bits per heavy atom. The minimum atomic E-state index is 1.06. The van der Waals surface area contributed by atoms with E-state index in [0.29, 0.717) is 0 Å². The lowest BCUT2D eigenvalue weighted by atomic mass is 10.0. The summed E-state index contributed by atoms with van der Waals surface area (Å²) < 4.78 is 0. The lowest BCUT2D eigenvalue weighted by Gasteiger charge is -2.28. The first-order chi connectivity index (χ1) is 20.4. The number of anilines is 6. The number of nitrogens with zero attached hydrogens (tertiary/aromatic N) is 2. The van der Waals surface area contributed by atoms with Crippen LogP contribution in [-0.4, -0.2) is 0 Å². The Bertz CT molecular complexity index is 1720. The van der Waals surface area contributed by atoms with E-state index in [1.54, 1.807) is 0 Å². The van der Waals surface area contributed by atoms with Crippen LogP contribution >= 0.6 is 0 Å². The van der Waals surface area contributed by atoms with Crippen LogP contribution in [0.5, 0.6) is 0 Å². The second-order valence-electron chi connectivity index (χ2n) is 11.8. The first-order valence-electron chi connectivity index (χ1n) is 14.9. The van der Waals surface area contributed by atoms with Gasteiger partial charge in [0, 0.05) is 34.1 Å². The van der Waals surface area contributed by atoms with E-state index in [1.807, 2.05) is 0 Å². The van der Waals surface area contributed by atoms with Crippen molar-refractivity contribution in [1.82, 2.24) is 0 Å². The van der Waals surface area contributed by atoms with Crippen LogP contribution in [0.3, 0.4) is 0 Å². The Balaban J connectivity index is 1.45. The third kappa shape index (κ3) is 4.84. The van der Waals surface area contributed by atoms with Crippen LogP contribution < -0.4 is 9.80 Å². The fourth-order valence-electron chi connectivity index (χ4n) is 6.55. The molecule has 0 saturated heterocycles. The molecule has 42 heavy (non-hydrogen) atoms. The van der Waals surface area contributed by atoms with Gasteiger partial charge in [0.25, 0.3) is 0 Å². The van der Waals surface area contributed by atoms with E-state index in [-0.39, 0.29) is 0 Å². The number of aryl methyl sites for hydroxylation is 6. The van der Waals surface area contributed by atoms with Crippen molar-refractivity contribution in [1.29, 1.82) is 0 Å². The van der Waals surface area contributed by atoms with Crippen LogP contribution in [-0.2, 0) is 12.8 Å². The minimum absolute atomic E-state index is 1.06. The number of rotatable bonds is 6. The second-order valence-corrected chi connectivity index (χ2v) is 11.8. The highest BCUT2D eigenvalue weighted by atomic mass is 15.1. The molecule has 0 saturated carbocycles. The largest absolute Gasteiger partial charge is 0.310 e. The van der Waals surface area contributed by atoms with E-state index in [0.717, 1.165) is 12.8 Å². The van der Waals surface area contributed by atoms with Gasteiger partial charge in [-0.15, -0.1) is 0 Å². The number of benzene rings is 6. The molecule has 0 bridgehead atoms. The van der Waals surface area contributed by atoms with E-state index in [9.17, 15) is 0 Å². The minimum Gasteiger partial charge on any atom is -0.310 e. The van der Waals surface area contributed by atoms with Gasteiger partial charge in [-0.05, 0) is 157 Å². The molecule has 1 aliphatic rings. The average Bonchev–Trinajstić information content (AvgIpc) is 3.37. The van der Waals surface area contributed by atoms with Crippen LogP contribution in [0.15, 0.2) is 121 Å². The monoisotopic (exact) mass is 544 g/mol. The molecule has 1 aliphatic carbocycles. The van der Waals surface area contributed by atoms with Gasteiger partial charge >= 0.3 is 0 Å². The lowest BCUT2D eigenvalue weighted by Crippen LogP contribution is -2.11. The zero-order valence-corrected chi connectivity index (χ0v) is 24.9. The summed E-state index contributed by atoms with van der Waals surface area (Å²) >= 11 is 0. The molecule has 0 spiro atoms. The second kappa shape index (κ2) is 10.5. The third-order valence-corrected chi connectivity index (χ3v) is 8.40. The Morgan fingerprint density at radius 2 is 0.714 bits per heavy atom. The van der Waals surface area contributed by atoms with Crippen molar-refractivity contribution < 1.29 is 0 Å². The van der Waals surface area contributed by atoms with Crippen LogP contribution in [0, 0.1) is 27.7 Å². The standard InChI is InChI=1S/C40H36N2/c1-27-9-5-13-34(19-27)41(35-14-6-10-28(2)20-35)38-23-31-17-18-32-24-39(26-33(25-38)40(31)32)42(36-15-7-11-29(3)21-36)37-16-8-12-30(4)22-37/h5-16,19-26H,17-18H2,1-4H3. The van der Waals surface area contributed by atoms with Gasteiger partial charge in [-0.25, -0.2) is 0 Å². The summed E-state index contributed by atoms with van der Waals surface area (Å²) in [5.41, 5.74) is 15.0. The average molecular weight is 545 g/mol. The Hall–Kier alpha value is -4.82. The summed E-state index contributed by atoms with van der Waals surface area (Å²) in [5, 5.41) is 2.72. The van der Waals surface area contributed by atoms with Crippen LogP contribution in [0.2, 0.25) is 0 Å². The number of hydrogen-bond donors (Lipinski definition) is 0. The molecule has 0 atom stereocenters. The predicted molar refractivity (Wildman–Crippen MR) is 180 cm³/mol. The van der Waals surface area contributed by atoms with Crippen molar-refractivity contribution in [3.63, 3.8) is 0 Å². The normalized spacial score (nSPS) is 12.1. The Labute approximate surface area is 249 Å². The van der Waals surface area contributed by atoms with Gasteiger partial charge in [-0.3, -0.25) is 0 Å². The quantitative estimate of drug-likeness (QED) is 0.206. The highest BCUT2D eigenvalue weighted by Crippen LogP contribution is 2.44. The van der Waals surface area contributed by atoms with Crippen molar-refractivity contribution in [2.24, 2.45) is 0 Å². The molecular formula is C40H36N2. The molecule has 206 valence electrons. The van der Waals surface area contributed by atoms with Crippen molar-refractivity contribution in [3.05, 3.63) is 155 Å². The fourth-order valence-corrected chi connectivity index (χ4v) is 6.55. The van der Waals surface area contributed by atoms with Crippen LogP contribution in [0.1, 0.15) is 33.4 Å². The fraction of sp³-hybridized carbons (Fsp3) is 0.150. The topological polar surface area (TPSA) is 6.48 Å². The third-order valence-electron chi connectivity index (χ3n) is 8.40. The maximum absolute atomic E-state index is 2.42.